The van der Waals surface area contributed by atoms with Crippen molar-refractivity contribution in [3.63, 3.8) is 0 Å². The highest BCUT2D eigenvalue weighted by molar-refractivity contribution is 5.55. The fraction of sp³-hybridized carbons (Fsp3) is 0.462. The first-order valence-electron chi connectivity index (χ1n) is 5.83. The summed E-state index contributed by atoms with van der Waals surface area (Å²) in [6.07, 6.45) is 8.39. The minimum absolute atomic E-state index is 0.436. The molecule has 0 aliphatic rings. The van der Waals surface area contributed by atoms with Crippen molar-refractivity contribution < 1.29 is 8.83 Å². The van der Waals surface area contributed by atoms with Crippen LogP contribution in [-0.2, 0) is 0 Å². The van der Waals surface area contributed by atoms with Crippen LogP contribution in [0.1, 0.15) is 44.9 Å². The first kappa shape index (κ1) is 11.0. The first-order valence-corrected chi connectivity index (χ1v) is 5.83. The van der Waals surface area contributed by atoms with Gasteiger partial charge in [-0.2, -0.15) is 0 Å². The van der Waals surface area contributed by atoms with Crippen LogP contribution in [0.25, 0.3) is 11.3 Å². The molecule has 3 heteroatoms. The number of hydrogen-bond acceptors (Lipinski definition) is 3. The number of furan rings is 1. The number of rotatable bonds is 5. The third-order valence-corrected chi connectivity index (χ3v) is 2.82. The van der Waals surface area contributed by atoms with Crippen LogP contribution in [0.5, 0.6) is 0 Å². The lowest BCUT2D eigenvalue weighted by molar-refractivity contribution is 0.421. The molecule has 1 atom stereocenters. The van der Waals surface area contributed by atoms with Crippen molar-refractivity contribution in [3.05, 3.63) is 30.7 Å². The highest BCUT2D eigenvalue weighted by Crippen LogP contribution is 2.27. The van der Waals surface area contributed by atoms with Crippen LogP contribution < -0.4 is 0 Å². The predicted molar refractivity (Wildman–Crippen MR) is 62.1 cm³/mol. The van der Waals surface area contributed by atoms with Crippen molar-refractivity contribution in [2.24, 2.45) is 0 Å². The van der Waals surface area contributed by atoms with Gasteiger partial charge in [-0.25, -0.2) is 4.98 Å². The number of hydrogen-bond donors (Lipinski definition) is 0. The molecule has 2 aromatic heterocycles. The van der Waals surface area contributed by atoms with Gasteiger partial charge in [0.1, 0.15) is 12.0 Å². The third-order valence-electron chi connectivity index (χ3n) is 2.82. The van der Waals surface area contributed by atoms with Crippen molar-refractivity contribution in [3.8, 4) is 11.3 Å². The molecular weight excluding hydrogens is 202 g/mol. The first-order chi connectivity index (χ1) is 7.85. The maximum Gasteiger partial charge on any atom is 0.197 e. The van der Waals surface area contributed by atoms with Crippen molar-refractivity contribution >= 4 is 0 Å². The second kappa shape index (κ2) is 5.01. The predicted octanol–water partition coefficient (Wildman–Crippen LogP) is 4.23. The van der Waals surface area contributed by atoms with Crippen molar-refractivity contribution in [2.75, 3.05) is 0 Å². The minimum Gasteiger partial charge on any atom is -0.472 e. The Labute approximate surface area is 95.5 Å². The van der Waals surface area contributed by atoms with E-state index in [0.717, 1.165) is 36.4 Å². The average Bonchev–Trinajstić information content (AvgIpc) is 2.95. The fourth-order valence-corrected chi connectivity index (χ4v) is 1.87. The largest absolute Gasteiger partial charge is 0.472 e. The van der Waals surface area contributed by atoms with E-state index < -0.39 is 0 Å². The summed E-state index contributed by atoms with van der Waals surface area (Å²) in [6.45, 7) is 4.35. The van der Waals surface area contributed by atoms with Crippen LogP contribution >= 0.6 is 0 Å². The second-order valence-corrected chi connectivity index (χ2v) is 3.98. The Bertz CT molecular complexity index is 417. The van der Waals surface area contributed by atoms with E-state index in [-0.39, 0.29) is 0 Å². The number of nitrogens with zero attached hydrogens (tertiary/aromatic N) is 1. The molecule has 2 aromatic rings. The monoisotopic (exact) mass is 219 g/mol. The Morgan fingerprint density at radius 1 is 1.31 bits per heavy atom. The molecule has 0 aromatic carbocycles. The number of oxazole rings is 1. The van der Waals surface area contributed by atoms with Gasteiger partial charge < -0.3 is 8.83 Å². The van der Waals surface area contributed by atoms with E-state index >= 15 is 0 Å². The normalized spacial score (nSPS) is 12.9. The quantitative estimate of drug-likeness (QED) is 0.755. The minimum atomic E-state index is 0.436. The molecule has 86 valence electrons. The van der Waals surface area contributed by atoms with Gasteiger partial charge in [-0.3, -0.25) is 0 Å². The van der Waals surface area contributed by atoms with Crippen LogP contribution in [0.4, 0.5) is 0 Å². The molecule has 2 rings (SSSR count). The summed E-state index contributed by atoms with van der Waals surface area (Å²) in [5.74, 6) is 1.28. The van der Waals surface area contributed by atoms with E-state index in [4.69, 9.17) is 8.83 Å². The van der Waals surface area contributed by atoms with E-state index in [1.165, 1.54) is 0 Å². The summed E-state index contributed by atoms with van der Waals surface area (Å²) in [4.78, 5) is 4.52. The zero-order valence-electron chi connectivity index (χ0n) is 9.77. The van der Waals surface area contributed by atoms with E-state index in [9.17, 15) is 0 Å². The van der Waals surface area contributed by atoms with Gasteiger partial charge >= 0.3 is 0 Å². The standard InChI is InChI=1S/C13H17NO2/c1-3-5-10(4-2)13-14-12(9-16-13)11-6-7-15-8-11/h6-10H,3-5H2,1-2H3. The summed E-state index contributed by atoms with van der Waals surface area (Å²) >= 11 is 0. The third kappa shape index (κ3) is 2.18. The van der Waals surface area contributed by atoms with Crippen LogP contribution in [0, 0.1) is 0 Å². The summed E-state index contributed by atoms with van der Waals surface area (Å²) in [5.41, 5.74) is 1.83. The van der Waals surface area contributed by atoms with E-state index in [1.54, 1.807) is 18.8 Å². The van der Waals surface area contributed by atoms with Crippen LogP contribution in [0.15, 0.2) is 33.7 Å². The molecule has 0 aliphatic carbocycles. The SMILES string of the molecule is CCCC(CC)c1nc(-c2ccoc2)co1. The molecule has 0 N–H and O–H groups in total. The van der Waals surface area contributed by atoms with Gasteiger partial charge in [0.15, 0.2) is 5.89 Å². The Morgan fingerprint density at radius 3 is 2.81 bits per heavy atom. The lowest BCUT2D eigenvalue weighted by atomic mass is 10.0. The second-order valence-electron chi connectivity index (χ2n) is 3.98. The molecule has 2 heterocycles. The molecule has 0 aliphatic heterocycles. The maximum atomic E-state index is 5.54. The highest BCUT2D eigenvalue weighted by Gasteiger charge is 2.15. The molecule has 0 bridgehead atoms. The van der Waals surface area contributed by atoms with Gasteiger partial charge in [-0.15, -0.1) is 0 Å². The van der Waals surface area contributed by atoms with E-state index in [1.807, 2.05) is 6.07 Å². The van der Waals surface area contributed by atoms with Gasteiger partial charge in [0.2, 0.25) is 0 Å². The van der Waals surface area contributed by atoms with Gasteiger partial charge in [-0.1, -0.05) is 20.3 Å². The molecule has 1 unspecified atom stereocenters. The van der Waals surface area contributed by atoms with Gasteiger partial charge in [0, 0.05) is 11.5 Å². The zero-order chi connectivity index (χ0) is 11.4. The van der Waals surface area contributed by atoms with Gasteiger partial charge in [0.05, 0.1) is 12.5 Å². The Morgan fingerprint density at radius 2 is 2.19 bits per heavy atom. The summed E-state index contributed by atoms with van der Waals surface area (Å²) in [7, 11) is 0. The molecule has 0 fully saturated rings. The Kier molecular flexibility index (Phi) is 3.44. The topological polar surface area (TPSA) is 39.2 Å². The van der Waals surface area contributed by atoms with Crippen molar-refractivity contribution in [2.45, 2.75) is 39.0 Å². The molecule has 3 nitrogen and oxygen atoms in total. The van der Waals surface area contributed by atoms with Gasteiger partial charge in [0.25, 0.3) is 0 Å². The molecule has 16 heavy (non-hydrogen) atoms. The van der Waals surface area contributed by atoms with E-state index in [2.05, 4.69) is 18.8 Å². The molecule has 0 amide bonds. The molecular formula is C13H17NO2. The average molecular weight is 219 g/mol. The fourth-order valence-electron chi connectivity index (χ4n) is 1.87. The van der Waals surface area contributed by atoms with E-state index in [0.29, 0.717) is 5.92 Å². The highest BCUT2D eigenvalue weighted by atomic mass is 16.3. The number of aromatic nitrogens is 1. The van der Waals surface area contributed by atoms with Crippen LogP contribution in [0.2, 0.25) is 0 Å². The molecule has 0 saturated carbocycles. The Hall–Kier alpha value is -1.51. The molecule has 0 spiro atoms. The van der Waals surface area contributed by atoms with Crippen LogP contribution in [0.3, 0.4) is 0 Å². The smallest absolute Gasteiger partial charge is 0.197 e. The van der Waals surface area contributed by atoms with Crippen molar-refractivity contribution in [1.29, 1.82) is 0 Å². The summed E-state index contributed by atoms with van der Waals surface area (Å²) in [5, 5.41) is 0. The Balaban J connectivity index is 2.18. The van der Waals surface area contributed by atoms with Crippen molar-refractivity contribution in [1.82, 2.24) is 4.98 Å². The summed E-state index contributed by atoms with van der Waals surface area (Å²) in [6, 6.07) is 1.89. The van der Waals surface area contributed by atoms with Crippen LogP contribution in [-0.4, -0.2) is 4.98 Å². The lowest BCUT2D eigenvalue weighted by Crippen LogP contribution is -1.96. The zero-order valence-corrected chi connectivity index (χ0v) is 9.77. The summed E-state index contributed by atoms with van der Waals surface area (Å²) < 4.78 is 10.6. The lowest BCUT2D eigenvalue weighted by Gasteiger charge is -2.07. The maximum absolute atomic E-state index is 5.54. The molecule has 0 radical (unpaired) electrons. The van der Waals surface area contributed by atoms with Gasteiger partial charge in [-0.05, 0) is 18.9 Å². The molecule has 0 saturated heterocycles.